The maximum Gasteiger partial charge on any atom is 0.321 e. The van der Waals surface area contributed by atoms with E-state index in [-0.39, 0.29) is 27.9 Å². The summed E-state index contributed by atoms with van der Waals surface area (Å²) in [5, 5.41) is 8.96. The first-order chi connectivity index (χ1) is 14.6. The Morgan fingerprint density at radius 3 is 2.42 bits per heavy atom. The fourth-order valence-electron chi connectivity index (χ4n) is 2.33. The third kappa shape index (κ3) is 7.18. The number of nitriles is 1. The zero-order valence-corrected chi connectivity index (χ0v) is 18.2. The molecule has 0 aliphatic heterocycles. The number of halogens is 3. The van der Waals surface area contributed by atoms with Crippen LogP contribution < -0.4 is 9.62 Å². The maximum atomic E-state index is 13.1. The van der Waals surface area contributed by atoms with Gasteiger partial charge in [0.2, 0.25) is 10.0 Å². The molecule has 0 saturated carbocycles. The summed E-state index contributed by atoms with van der Waals surface area (Å²) in [6.45, 7) is -1.43. The van der Waals surface area contributed by atoms with Gasteiger partial charge in [0.15, 0.2) is 6.61 Å². The Hall–Kier alpha value is -2.71. The van der Waals surface area contributed by atoms with Crippen molar-refractivity contribution < 1.29 is 27.1 Å². The molecular formula is C19H16Cl2FN3O5S. The number of ether oxygens (including phenoxy) is 1. The van der Waals surface area contributed by atoms with Crippen LogP contribution in [0, 0.1) is 17.1 Å². The zero-order chi connectivity index (χ0) is 23.0. The topological polar surface area (TPSA) is 117 Å². The summed E-state index contributed by atoms with van der Waals surface area (Å²) < 4.78 is 44.4. The highest BCUT2D eigenvalue weighted by Gasteiger charge is 2.20. The molecule has 1 amide bonds. The Labute approximate surface area is 188 Å². The highest BCUT2D eigenvalue weighted by molar-refractivity contribution is 7.89. The molecule has 0 heterocycles. The van der Waals surface area contributed by atoms with Crippen molar-refractivity contribution in [2.24, 2.45) is 0 Å². The quantitative estimate of drug-likeness (QED) is 0.543. The molecule has 0 aliphatic rings. The number of anilines is 1. The molecule has 2 rings (SSSR count). The van der Waals surface area contributed by atoms with Crippen LogP contribution >= 0.6 is 23.2 Å². The van der Waals surface area contributed by atoms with Gasteiger partial charge in [-0.05, 0) is 42.5 Å². The van der Waals surface area contributed by atoms with Gasteiger partial charge in [-0.25, -0.2) is 12.8 Å². The van der Waals surface area contributed by atoms with E-state index in [9.17, 15) is 22.4 Å². The van der Waals surface area contributed by atoms with Gasteiger partial charge in [0.05, 0.1) is 27.4 Å². The van der Waals surface area contributed by atoms with Crippen molar-refractivity contribution in [2.45, 2.75) is 11.3 Å². The standard InChI is InChI=1S/C19H16Cl2FN3O5S/c20-16-7-6-15(10-17(16)21)31(28,29)24-11-19(27)30-12-18(26)25(9-1-8-23)14-4-2-13(22)3-5-14/h2-7,10,24H,1,9,11-12H2. The maximum absolute atomic E-state index is 13.1. The smallest absolute Gasteiger partial charge is 0.321 e. The third-order valence-electron chi connectivity index (χ3n) is 3.85. The van der Waals surface area contributed by atoms with E-state index >= 15 is 0 Å². The monoisotopic (exact) mass is 487 g/mol. The number of hydrogen-bond acceptors (Lipinski definition) is 6. The minimum atomic E-state index is -4.07. The predicted octanol–water partition coefficient (Wildman–Crippen LogP) is 2.90. The Balaban J connectivity index is 1.95. The van der Waals surface area contributed by atoms with Crippen LogP contribution in [0.5, 0.6) is 0 Å². The van der Waals surface area contributed by atoms with Gasteiger partial charge in [-0.15, -0.1) is 0 Å². The van der Waals surface area contributed by atoms with Gasteiger partial charge < -0.3 is 9.64 Å². The Bertz CT molecular complexity index is 1100. The molecule has 0 aliphatic carbocycles. The Morgan fingerprint density at radius 2 is 1.81 bits per heavy atom. The Kier molecular flexibility index (Phi) is 8.76. The first-order valence-corrected chi connectivity index (χ1v) is 10.9. The largest absolute Gasteiger partial charge is 0.455 e. The van der Waals surface area contributed by atoms with E-state index in [1.54, 1.807) is 0 Å². The van der Waals surface area contributed by atoms with E-state index in [2.05, 4.69) is 0 Å². The second-order valence-corrected chi connectivity index (χ2v) is 8.57. The number of nitrogens with zero attached hydrogens (tertiary/aromatic N) is 2. The number of hydrogen-bond donors (Lipinski definition) is 1. The van der Waals surface area contributed by atoms with E-state index in [1.165, 1.54) is 24.3 Å². The minimum Gasteiger partial charge on any atom is -0.455 e. The summed E-state index contributed by atoms with van der Waals surface area (Å²) in [5.41, 5.74) is 0.318. The van der Waals surface area contributed by atoms with Crippen LogP contribution in [0.25, 0.3) is 0 Å². The average molecular weight is 488 g/mol. The lowest BCUT2D eigenvalue weighted by Crippen LogP contribution is -2.37. The SMILES string of the molecule is N#CCCN(C(=O)COC(=O)CNS(=O)(=O)c1ccc(Cl)c(Cl)c1)c1ccc(F)cc1. The van der Waals surface area contributed by atoms with Crippen molar-refractivity contribution in [3.05, 3.63) is 58.3 Å². The van der Waals surface area contributed by atoms with E-state index in [4.69, 9.17) is 33.2 Å². The van der Waals surface area contributed by atoms with Crippen molar-refractivity contribution in [3.63, 3.8) is 0 Å². The number of sulfonamides is 1. The Morgan fingerprint density at radius 1 is 1.13 bits per heavy atom. The van der Waals surface area contributed by atoms with Crippen LogP contribution in [0.1, 0.15) is 6.42 Å². The molecule has 1 N–H and O–H groups in total. The van der Waals surface area contributed by atoms with Gasteiger partial charge in [-0.1, -0.05) is 23.2 Å². The first-order valence-electron chi connectivity index (χ1n) is 8.67. The summed E-state index contributed by atoms with van der Waals surface area (Å²) in [7, 11) is -4.07. The van der Waals surface area contributed by atoms with Crippen LogP contribution in [0.15, 0.2) is 47.4 Å². The van der Waals surface area contributed by atoms with Crippen molar-refractivity contribution in [1.82, 2.24) is 4.72 Å². The van der Waals surface area contributed by atoms with Crippen LogP contribution in [0.2, 0.25) is 10.0 Å². The highest BCUT2D eigenvalue weighted by atomic mass is 35.5. The summed E-state index contributed by atoms with van der Waals surface area (Å²) in [4.78, 5) is 25.3. The number of esters is 1. The molecule has 0 saturated heterocycles. The van der Waals surface area contributed by atoms with Crippen molar-refractivity contribution in [1.29, 1.82) is 5.26 Å². The van der Waals surface area contributed by atoms with E-state index < -0.39 is 40.9 Å². The van der Waals surface area contributed by atoms with E-state index in [0.717, 1.165) is 23.1 Å². The fourth-order valence-corrected chi connectivity index (χ4v) is 3.69. The summed E-state index contributed by atoms with van der Waals surface area (Å²) >= 11 is 11.5. The second-order valence-electron chi connectivity index (χ2n) is 5.99. The predicted molar refractivity (Wildman–Crippen MR) is 112 cm³/mol. The van der Waals surface area contributed by atoms with Gasteiger partial charge in [0.1, 0.15) is 12.4 Å². The lowest BCUT2D eigenvalue weighted by molar-refractivity contribution is -0.146. The van der Waals surface area contributed by atoms with Gasteiger partial charge in [0, 0.05) is 12.2 Å². The molecule has 2 aromatic rings. The molecule has 12 heteroatoms. The summed E-state index contributed by atoms with van der Waals surface area (Å²) in [6.07, 6.45) is 0.000510. The molecule has 0 unspecified atom stereocenters. The molecule has 0 bridgehead atoms. The molecular weight excluding hydrogens is 472 g/mol. The third-order valence-corrected chi connectivity index (χ3v) is 5.99. The van der Waals surface area contributed by atoms with Gasteiger partial charge >= 0.3 is 5.97 Å². The number of amides is 1. The van der Waals surface area contributed by atoms with E-state index in [0.29, 0.717) is 5.69 Å². The molecule has 2 aromatic carbocycles. The van der Waals surface area contributed by atoms with Crippen LogP contribution in [0.3, 0.4) is 0 Å². The van der Waals surface area contributed by atoms with Crippen molar-refractivity contribution in [3.8, 4) is 6.07 Å². The van der Waals surface area contributed by atoms with Crippen LogP contribution in [-0.4, -0.2) is 40.0 Å². The molecule has 0 atom stereocenters. The zero-order valence-electron chi connectivity index (χ0n) is 15.8. The summed E-state index contributed by atoms with van der Waals surface area (Å²) in [6, 6.07) is 10.5. The number of rotatable bonds is 9. The summed E-state index contributed by atoms with van der Waals surface area (Å²) in [5.74, 6) is -2.17. The lowest BCUT2D eigenvalue weighted by atomic mass is 10.2. The van der Waals surface area contributed by atoms with Gasteiger partial charge in [-0.3, -0.25) is 9.59 Å². The molecule has 31 heavy (non-hydrogen) atoms. The van der Waals surface area contributed by atoms with Gasteiger partial charge in [0.25, 0.3) is 5.91 Å². The number of carbonyl (C=O) groups excluding carboxylic acids is 2. The second kappa shape index (κ2) is 11.1. The number of carbonyl (C=O) groups is 2. The molecule has 0 spiro atoms. The lowest BCUT2D eigenvalue weighted by Gasteiger charge is -2.21. The number of benzene rings is 2. The van der Waals surface area contributed by atoms with Crippen molar-refractivity contribution >= 4 is 50.8 Å². The van der Waals surface area contributed by atoms with Crippen molar-refractivity contribution in [2.75, 3.05) is 24.6 Å². The normalized spacial score (nSPS) is 10.9. The molecule has 0 aromatic heterocycles. The minimum absolute atomic E-state index is 0.000510. The van der Waals surface area contributed by atoms with E-state index in [1.807, 2.05) is 10.8 Å². The average Bonchev–Trinajstić information content (AvgIpc) is 2.74. The molecule has 0 radical (unpaired) electrons. The molecule has 8 nitrogen and oxygen atoms in total. The highest BCUT2D eigenvalue weighted by Crippen LogP contribution is 2.24. The first kappa shape index (κ1) is 24.6. The van der Waals surface area contributed by atoms with Crippen LogP contribution in [-0.2, 0) is 24.3 Å². The number of nitrogens with one attached hydrogen (secondary N) is 1. The van der Waals surface area contributed by atoms with Crippen LogP contribution in [0.4, 0.5) is 10.1 Å². The van der Waals surface area contributed by atoms with Gasteiger partial charge in [-0.2, -0.15) is 9.98 Å². The molecule has 0 fully saturated rings. The molecule has 164 valence electrons. The fraction of sp³-hybridized carbons (Fsp3) is 0.211.